The Bertz CT molecular complexity index is 279. The smallest absolute Gasteiger partial charge is 0.0665 e. The van der Waals surface area contributed by atoms with Crippen molar-refractivity contribution in [2.24, 2.45) is 5.92 Å². The van der Waals surface area contributed by atoms with Gasteiger partial charge in [-0.1, -0.05) is 50.3 Å². The van der Waals surface area contributed by atoms with Crippen LogP contribution in [-0.4, -0.2) is 11.2 Å². The minimum atomic E-state index is -0.352. The number of aliphatic hydroxyl groups excluding tert-OH is 1. The van der Waals surface area contributed by atoms with Gasteiger partial charge in [-0.3, -0.25) is 0 Å². The maximum absolute atomic E-state index is 9.97. The van der Waals surface area contributed by atoms with Gasteiger partial charge in [-0.15, -0.1) is 6.58 Å². The molecule has 0 unspecified atom stereocenters. The molecule has 0 fully saturated rings. The SMILES string of the molecule is C=C[C@H](C)[C@@H](O)[C@@H](C)c1ccccc1. The van der Waals surface area contributed by atoms with Gasteiger partial charge in [0.15, 0.2) is 0 Å². The molecule has 14 heavy (non-hydrogen) atoms. The molecule has 0 saturated carbocycles. The lowest BCUT2D eigenvalue weighted by Crippen LogP contribution is -2.22. The molecule has 1 aromatic rings. The zero-order valence-electron chi connectivity index (χ0n) is 8.85. The van der Waals surface area contributed by atoms with Gasteiger partial charge in [0.2, 0.25) is 0 Å². The van der Waals surface area contributed by atoms with E-state index in [1.54, 1.807) is 6.08 Å². The molecule has 1 nitrogen and oxygen atoms in total. The first kappa shape index (κ1) is 11.0. The molecule has 3 atom stereocenters. The largest absolute Gasteiger partial charge is 0.392 e. The van der Waals surface area contributed by atoms with E-state index < -0.39 is 0 Å². The van der Waals surface area contributed by atoms with Gasteiger partial charge < -0.3 is 5.11 Å². The molecule has 0 spiro atoms. The first-order valence-electron chi connectivity index (χ1n) is 5.02. The molecule has 0 heterocycles. The maximum Gasteiger partial charge on any atom is 0.0665 e. The van der Waals surface area contributed by atoms with E-state index in [2.05, 4.69) is 6.58 Å². The van der Waals surface area contributed by atoms with Crippen LogP contribution in [0.25, 0.3) is 0 Å². The summed E-state index contributed by atoms with van der Waals surface area (Å²) in [5.41, 5.74) is 1.17. The second-order valence-electron chi connectivity index (χ2n) is 3.78. The van der Waals surface area contributed by atoms with Crippen molar-refractivity contribution in [2.75, 3.05) is 0 Å². The summed E-state index contributed by atoms with van der Waals surface area (Å²) in [6.07, 6.45) is 1.44. The average Bonchev–Trinajstić information content (AvgIpc) is 2.27. The van der Waals surface area contributed by atoms with Crippen molar-refractivity contribution < 1.29 is 5.11 Å². The van der Waals surface area contributed by atoms with Crippen molar-refractivity contribution in [3.8, 4) is 0 Å². The third-order valence-corrected chi connectivity index (χ3v) is 2.75. The second kappa shape index (κ2) is 4.97. The summed E-state index contributed by atoms with van der Waals surface area (Å²) in [6.45, 7) is 7.72. The van der Waals surface area contributed by atoms with Gasteiger partial charge in [0.05, 0.1) is 6.10 Å². The number of rotatable bonds is 4. The van der Waals surface area contributed by atoms with E-state index in [1.807, 2.05) is 44.2 Å². The quantitative estimate of drug-likeness (QED) is 0.724. The second-order valence-corrected chi connectivity index (χ2v) is 3.78. The Morgan fingerprint density at radius 2 is 1.79 bits per heavy atom. The summed E-state index contributed by atoms with van der Waals surface area (Å²) in [7, 11) is 0. The maximum atomic E-state index is 9.97. The lowest BCUT2D eigenvalue weighted by molar-refractivity contribution is 0.114. The molecule has 0 aliphatic heterocycles. The molecular formula is C13H18O. The zero-order valence-corrected chi connectivity index (χ0v) is 8.85. The van der Waals surface area contributed by atoms with E-state index >= 15 is 0 Å². The minimum Gasteiger partial charge on any atom is -0.392 e. The Hall–Kier alpha value is -1.08. The molecule has 0 bridgehead atoms. The molecule has 0 amide bonds. The third kappa shape index (κ3) is 2.46. The van der Waals surface area contributed by atoms with Gasteiger partial charge >= 0.3 is 0 Å². The van der Waals surface area contributed by atoms with Gasteiger partial charge in [-0.05, 0) is 5.56 Å². The molecule has 0 aliphatic carbocycles. The van der Waals surface area contributed by atoms with Gasteiger partial charge in [0.25, 0.3) is 0 Å². The predicted molar refractivity (Wildman–Crippen MR) is 60.2 cm³/mol. The summed E-state index contributed by atoms with van der Waals surface area (Å²) in [5.74, 6) is 0.286. The standard InChI is InChI=1S/C13H18O/c1-4-10(2)13(14)11(3)12-8-6-5-7-9-12/h4-11,13-14H,1H2,2-3H3/t10-,11-,13+/m0/s1. The fourth-order valence-corrected chi connectivity index (χ4v) is 1.55. The monoisotopic (exact) mass is 190 g/mol. The van der Waals surface area contributed by atoms with Crippen LogP contribution in [0.15, 0.2) is 43.0 Å². The Balaban J connectivity index is 2.75. The normalized spacial score (nSPS) is 17.1. The van der Waals surface area contributed by atoms with Crippen molar-refractivity contribution in [1.29, 1.82) is 0 Å². The molecule has 76 valence electrons. The van der Waals surface area contributed by atoms with Gasteiger partial charge in [0.1, 0.15) is 0 Å². The van der Waals surface area contributed by atoms with Gasteiger partial charge in [-0.2, -0.15) is 0 Å². The first-order valence-corrected chi connectivity index (χ1v) is 5.02. The molecule has 0 saturated heterocycles. The van der Waals surface area contributed by atoms with Crippen LogP contribution in [0.5, 0.6) is 0 Å². The predicted octanol–water partition coefficient (Wildman–Crippen LogP) is 2.97. The summed E-state index contributed by atoms with van der Waals surface area (Å²) in [6, 6.07) is 10.1. The van der Waals surface area contributed by atoms with Crippen LogP contribution in [0.3, 0.4) is 0 Å². The molecule has 1 heteroatoms. The number of benzene rings is 1. The highest BCUT2D eigenvalue weighted by Crippen LogP contribution is 2.23. The number of hydrogen-bond acceptors (Lipinski definition) is 1. The Labute approximate surface area is 86.1 Å². The van der Waals surface area contributed by atoms with Crippen molar-refractivity contribution >= 4 is 0 Å². The molecule has 1 aromatic carbocycles. The minimum absolute atomic E-state index is 0.130. The van der Waals surface area contributed by atoms with Crippen molar-refractivity contribution in [2.45, 2.75) is 25.9 Å². The molecule has 0 radical (unpaired) electrons. The van der Waals surface area contributed by atoms with Crippen LogP contribution in [-0.2, 0) is 0 Å². The van der Waals surface area contributed by atoms with E-state index in [-0.39, 0.29) is 17.9 Å². The highest BCUT2D eigenvalue weighted by molar-refractivity contribution is 5.20. The van der Waals surface area contributed by atoms with Crippen molar-refractivity contribution in [3.05, 3.63) is 48.6 Å². The first-order chi connectivity index (χ1) is 6.66. The van der Waals surface area contributed by atoms with Crippen LogP contribution in [0, 0.1) is 5.92 Å². The lowest BCUT2D eigenvalue weighted by atomic mass is 9.88. The van der Waals surface area contributed by atoms with Crippen LogP contribution in [0.2, 0.25) is 0 Å². The van der Waals surface area contributed by atoms with Crippen LogP contribution in [0.1, 0.15) is 25.3 Å². The molecule has 0 aromatic heterocycles. The summed E-state index contributed by atoms with van der Waals surface area (Å²) >= 11 is 0. The highest BCUT2D eigenvalue weighted by atomic mass is 16.3. The van der Waals surface area contributed by atoms with E-state index in [0.29, 0.717) is 0 Å². The topological polar surface area (TPSA) is 20.2 Å². The Kier molecular flexibility index (Phi) is 3.90. The fraction of sp³-hybridized carbons (Fsp3) is 0.385. The number of hydrogen-bond donors (Lipinski definition) is 1. The molecule has 0 aliphatic rings. The van der Waals surface area contributed by atoms with Crippen LogP contribution < -0.4 is 0 Å². The zero-order chi connectivity index (χ0) is 10.6. The van der Waals surface area contributed by atoms with E-state index in [0.717, 1.165) is 0 Å². The van der Waals surface area contributed by atoms with E-state index in [1.165, 1.54) is 5.56 Å². The van der Waals surface area contributed by atoms with E-state index in [4.69, 9.17) is 0 Å². The van der Waals surface area contributed by atoms with Gasteiger partial charge in [0, 0.05) is 11.8 Å². The van der Waals surface area contributed by atoms with E-state index in [9.17, 15) is 5.11 Å². The van der Waals surface area contributed by atoms with Crippen molar-refractivity contribution in [1.82, 2.24) is 0 Å². The molecule has 1 N–H and O–H groups in total. The lowest BCUT2D eigenvalue weighted by Gasteiger charge is -2.22. The summed E-state index contributed by atoms with van der Waals surface area (Å²) < 4.78 is 0. The average molecular weight is 190 g/mol. The van der Waals surface area contributed by atoms with Crippen LogP contribution >= 0.6 is 0 Å². The van der Waals surface area contributed by atoms with Crippen LogP contribution in [0.4, 0.5) is 0 Å². The Morgan fingerprint density at radius 1 is 1.21 bits per heavy atom. The summed E-state index contributed by atoms with van der Waals surface area (Å²) in [5, 5.41) is 9.97. The number of aliphatic hydroxyl groups is 1. The third-order valence-electron chi connectivity index (χ3n) is 2.75. The van der Waals surface area contributed by atoms with Gasteiger partial charge in [-0.25, -0.2) is 0 Å². The fourth-order valence-electron chi connectivity index (χ4n) is 1.55. The summed E-state index contributed by atoms with van der Waals surface area (Å²) in [4.78, 5) is 0. The highest BCUT2D eigenvalue weighted by Gasteiger charge is 2.19. The Morgan fingerprint density at radius 3 is 2.29 bits per heavy atom. The molecule has 1 rings (SSSR count). The van der Waals surface area contributed by atoms with Crippen molar-refractivity contribution in [3.63, 3.8) is 0 Å². The molecular weight excluding hydrogens is 172 g/mol.